The van der Waals surface area contributed by atoms with Gasteiger partial charge >= 0.3 is 0 Å². The molecule has 1 fully saturated rings. The highest BCUT2D eigenvalue weighted by Gasteiger charge is 2.20. The number of para-hydroxylation sites is 1. The number of nitrogens with zero attached hydrogens (tertiary/aromatic N) is 2. The normalized spacial score (nSPS) is 17.2. The van der Waals surface area contributed by atoms with E-state index in [1.807, 2.05) is 6.07 Å². The van der Waals surface area contributed by atoms with E-state index in [4.69, 9.17) is 10.5 Å². The van der Waals surface area contributed by atoms with Gasteiger partial charge in [0, 0.05) is 41.7 Å². The number of fused-ring (bicyclic) bond motifs is 1. The first-order valence-corrected chi connectivity index (χ1v) is 8.73. The zero-order chi connectivity index (χ0) is 17.2. The summed E-state index contributed by atoms with van der Waals surface area (Å²) in [6.07, 6.45) is 1.91. The monoisotopic (exact) mass is 337 g/mol. The summed E-state index contributed by atoms with van der Waals surface area (Å²) in [7, 11) is 0. The van der Waals surface area contributed by atoms with Gasteiger partial charge in [-0.1, -0.05) is 18.2 Å². The van der Waals surface area contributed by atoms with Gasteiger partial charge in [-0.2, -0.15) is 4.98 Å². The molecule has 0 saturated carbocycles. The highest BCUT2D eigenvalue weighted by molar-refractivity contribution is 5.84. The number of aromatic amines is 1. The molecule has 1 saturated heterocycles. The van der Waals surface area contributed by atoms with E-state index in [2.05, 4.69) is 51.5 Å². The Morgan fingerprint density at radius 2 is 2.20 bits per heavy atom. The molecule has 0 radical (unpaired) electrons. The number of rotatable bonds is 5. The van der Waals surface area contributed by atoms with Gasteiger partial charge in [0.05, 0.1) is 12.3 Å². The fraction of sp³-hybridized carbons (Fsp3) is 0.368. The Kier molecular flexibility index (Phi) is 4.28. The summed E-state index contributed by atoms with van der Waals surface area (Å²) in [5.41, 5.74) is 10.6. The fourth-order valence-corrected chi connectivity index (χ4v) is 3.53. The van der Waals surface area contributed by atoms with Crippen LogP contribution >= 0.6 is 0 Å². The van der Waals surface area contributed by atoms with Crippen LogP contribution in [0.5, 0.6) is 0 Å². The van der Waals surface area contributed by atoms with Crippen molar-refractivity contribution in [2.75, 3.05) is 30.8 Å². The Balaban J connectivity index is 1.47. The molecule has 1 aliphatic heterocycles. The lowest BCUT2D eigenvalue weighted by Gasteiger charge is -2.11. The third kappa shape index (κ3) is 3.30. The summed E-state index contributed by atoms with van der Waals surface area (Å²) < 4.78 is 5.45. The third-order valence-electron chi connectivity index (χ3n) is 4.82. The van der Waals surface area contributed by atoms with Crippen molar-refractivity contribution in [3.05, 3.63) is 47.3 Å². The summed E-state index contributed by atoms with van der Waals surface area (Å²) in [6, 6.07) is 10.4. The molecule has 0 bridgehead atoms. The van der Waals surface area contributed by atoms with Gasteiger partial charge in [0.1, 0.15) is 5.82 Å². The number of aromatic nitrogens is 3. The molecule has 130 valence electrons. The van der Waals surface area contributed by atoms with Gasteiger partial charge in [-0.25, -0.2) is 4.98 Å². The first kappa shape index (κ1) is 15.9. The number of nitrogens with two attached hydrogens (primary N) is 1. The second kappa shape index (κ2) is 6.72. The molecule has 1 aromatic carbocycles. The van der Waals surface area contributed by atoms with Crippen LogP contribution in [-0.4, -0.2) is 34.7 Å². The van der Waals surface area contributed by atoms with E-state index in [1.165, 1.54) is 22.2 Å². The van der Waals surface area contributed by atoms with Gasteiger partial charge in [-0.05, 0) is 31.4 Å². The van der Waals surface area contributed by atoms with E-state index in [1.54, 1.807) is 0 Å². The minimum absolute atomic E-state index is 0.315. The first-order valence-electron chi connectivity index (χ1n) is 8.73. The highest BCUT2D eigenvalue weighted by Crippen LogP contribution is 2.26. The summed E-state index contributed by atoms with van der Waals surface area (Å²) in [6.45, 7) is 4.41. The molecule has 2 aromatic heterocycles. The average molecular weight is 337 g/mol. The Labute approximate surface area is 146 Å². The van der Waals surface area contributed by atoms with E-state index in [0.717, 1.165) is 37.5 Å². The van der Waals surface area contributed by atoms with Crippen LogP contribution in [0.15, 0.2) is 30.3 Å². The molecule has 0 spiro atoms. The number of ether oxygens (including phenoxy) is 1. The lowest BCUT2D eigenvalue weighted by molar-refractivity contribution is 0.193. The fourth-order valence-electron chi connectivity index (χ4n) is 3.53. The van der Waals surface area contributed by atoms with Crippen LogP contribution in [0.25, 0.3) is 10.9 Å². The first-order chi connectivity index (χ1) is 12.2. The van der Waals surface area contributed by atoms with Crippen molar-refractivity contribution in [1.82, 2.24) is 15.0 Å². The SMILES string of the molecule is Cc1[nH]c2ccccc2c1CCNc1cc([C@@H]2CCOC2)nc(N)n1. The average Bonchev–Trinajstić information content (AvgIpc) is 3.23. The van der Waals surface area contributed by atoms with Crippen LogP contribution in [0.2, 0.25) is 0 Å². The van der Waals surface area contributed by atoms with Crippen LogP contribution in [0.1, 0.15) is 29.3 Å². The summed E-state index contributed by atoms with van der Waals surface area (Å²) in [4.78, 5) is 12.1. The van der Waals surface area contributed by atoms with Gasteiger partial charge in [0.25, 0.3) is 0 Å². The molecule has 4 rings (SSSR count). The number of benzene rings is 1. The molecule has 0 unspecified atom stereocenters. The Morgan fingerprint density at radius 1 is 1.32 bits per heavy atom. The third-order valence-corrected chi connectivity index (χ3v) is 4.82. The van der Waals surface area contributed by atoms with Crippen molar-refractivity contribution >= 4 is 22.7 Å². The molecule has 6 nitrogen and oxygen atoms in total. The molecule has 25 heavy (non-hydrogen) atoms. The topological polar surface area (TPSA) is 88.8 Å². The highest BCUT2D eigenvalue weighted by atomic mass is 16.5. The van der Waals surface area contributed by atoms with E-state index in [-0.39, 0.29) is 0 Å². The molecule has 1 aliphatic rings. The van der Waals surface area contributed by atoms with Gasteiger partial charge in [0.2, 0.25) is 5.95 Å². The van der Waals surface area contributed by atoms with Crippen LogP contribution < -0.4 is 11.1 Å². The molecule has 3 heterocycles. The molecular weight excluding hydrogens is 314 g/mol. The Hall–Kier alpha value is -2.60. The number of hydrogen-bond donors (Lipinski definition) is 3. The molecule has 1 atom stereocenters. The number of anilines is 2. The quantitative estimate of drug-likeness (QED) is 0.666. The smallest absolute Gasteiger partial charge is 0.222 e. The summed E-state index contributed by atoms with van der Waals surface area (Å²) in [5.74, 6) is 1.42. The van der Waals surface area contributed by atoms with E-state index >= 15 is 0 Å². The number of nitrogen functional groups attached to an aromatic ring is 1. The lowest BCUT2D eigenvalue weighted by Crippen LogP contribution is -2.11. The number of nitrogens with one attached hydrogen (secondary N) is 2. The van der Waals surface area contributed by atoms with E-state index < -0.39 is 0 Å². The molecule has 0 aliphatic carbocycles. The van der Waals surface area contributed by atoms with E-state index in [0.29, 0.717) is 18.5 Å². The second-order valence-electron chi connectivity index (χ2n) is 6.55. The van der Waals surface area contributed by atoms with Crippen molar-refractivity contribution in [2.45, 2.75) is 25.7 Å². The lowest BCUT2D eigenvalue weighted by atomic mass is 10.0. The minimum atomic E-state index is 0.315. The van der Waals surface area contributed by atoms with Crippen LogP contribution in [0.3, 0.4) is 0 Å². The van der Waals surface area contributed by atoms with Gasteiger partial charge in [0.15, 0.2) is 0 Å². The maximum Gasteiger partial charge on any atom is 0.222 e. The summed E-state index contributed by atoms with van der Waals surface area (Å²) >= 11 is 0. The van der Waals surface area contributed by atoms with Gasteiger partial charge in [-0.15, -0.1) is 0 Å². The predicted octanol–water partition coefficient (Wildman–Crippen LogP) is 3.01. The Bertz CT molecular complexity index is 883. The standard InChI is InChI=1S/C19H23N5O/c1-12-14(15-4-2-3-5-16(15)22-12)6-8-21-18-10-17(23-19(20)24-18)13-7-9-25-11-13/h2-5,10,13,22H,6-9,11H2,1H3,(H3,20,21,23,24)/t13-/m1/s1. The molecular formula is C19H23N5O. The molecule has 0 amide bonds. The van der Waals surface area contributed by atoms with Gasteiger partial charge in [-0.3, -0.25) is 0 Å². The van der Waals surface area contributed by atoms with Crippen molar-refractivity contribution < 1.29 is 4.74 Å². The Morgan fingerprint density at radius 3 is 3.04 bits per heavy atom. The number of hydrogen-bond acceptors (Lipinski definition) is 5. The van der Waals surface area contributed by atoms with Crippen LogP contribution in [-0.2, 0) is 11.2 Å². The molecule has 3 aromatic rings. The number of H-pyrrole nitrogens is 1. The van der Waals surface area contributed by atoms with Crippen LogP contribution in [0, 0.1) is 6.92 Å². The zero-order valence-electron chi connectivity index (χ0n) is 14.4. The predicted molar refractivity (Wildman–Crippen MR) is 99.9 cm³/mol. The second-order valence-corrected chi connectivity index (χ2v) is 6.55. The maximum absolute atomic E-state index is 5.88. The molecule has 4 N–H and O–H groups in total. The van der Waals surface area contributed by atoms with Crippen LogP contribution in [0.4, 0.5) is 11.8 Å². The maximum atomic E-state index is 5.88. The van der Waals surface area contributed by atoms with Crippen molar-refractivity contribution in [1.29, 1.82) is 0 Å². The largest absolute Gasteiger partial charge is 0.381 e. The van der Waals surface area contributed by atoms with Gasteiger partial charge < -0.3 is 20.8 Å². The molecule has 6 heteroatoms. The van der Waals surface area contributed by atoms with E-state index in [9.17, 15) is 0 Å². The zero-order valence-corrected chi connectivity index (χ0v) is 14.4. The minimum Gasteiger partial charge on any atom is -0.381 e. The number of aryl methyl sites for hydroxylation is 1. The van der Waals surface area contributed by atoms with Crippen molar-refractivity contribution in [3.63, 3.8) is 0 Å². The summed E-state index contributed by atoms with van der Waals surface area (Å²) in [5, 5.41) is 4.68. The van der Waals surface area contributed by atoms with Crippen molar-refractivity contribution in [3.8, 4) is 0 Å². The van der Waals surface area contributed by atoms with Crippen molar-refractivity contribution in [2.24, 2.45) is 0 Å².